The van der Waals surface area contributed by atoms with Gasteiger partial charge in [-0.1, -0.05) is 24.3 Å². The van der Waals surface area contributed by atoms with Gasteiger partial charge in [0.1, 0.15) is 4.90 Å². The first-order chi connectivity index (χ1) is 14.6. The smallest absolute Gasteiger partial charge is 0.362 e. The number of para-hydroxylation sites is 1. The van der Waals surface area contributed by atoms with Gasteiger partial charge in [-0.15, -0.1) is 0 Å². The fourth-order valence-electron chi connectivity index (χ4n) is 2.85. The standard InChI is InChI=1S/C22H22N2O6S/c1-5-29-22(26)21-19(30-31(27,28)17-11-10-14(2)16(4)12-17)13-20(25)24(23-21)18-9-7-6-8-15(18)3/h6-13H,5H2,1-4H3. The van der Waals surface area contributed by atoms with Crippen LogP contribution in [0.5, 0.6) is 5.75 Å². The van der Waals surface area contributed by atoms with E-state index in [9.17, 15) is 18.0 Å². The summed E-state index contributed by atoms with van der Waals surface area (Å²) in [5.74, 6) is -1.40. The van der Waals surface area contributed by atoms with Crippen LogP contribution in [0.3, 0.4) is 0 Å². The van der Waals surface area contributed by atoms with E-state index in [1.54, 1.807) is 51.1 Å². The number of ether oxygens (including phenoxy) is 1. The number of rotatable bonds is 6. The van der Waals surface area contributed by atoms with Crippen LogP contribution in [0.2, 0.25) is 0 Å². The van der Waals surface area contributed by atoms with E-state index in [2.05, 4.69) is 5.10 Å². The van der Waals surface area contributed by atoms with Crippen molar-refractivity contribution in [3.63, 3.8) is 0 Å². The Hall–Kier alpha value is -3.46. The zero-order chi connectivity index (χ0) is 22.8. The van der Waals surface area contributed by atoms with E-state index in [1.807, 2.05) is 6.92 Å². The maximum absolute atomic E-state index is 12.8. The normalized spacial score (nSPS) is 11.2. The molecule has 0 N–H and O–H groups in total. The van der Waals surface area contributed by atoms with Gasteiger partial charge in [0, 0.05) is 0 Å². The fourth-order valence-corrected chi connectivity index (χ4v) is 3.87. The third kappa shape index (κ3) is 4.66. The lowest BCUT2D eigenvalue weighted by Crippen LogP contribution is -2.26. The average molecular weight is 442 g/mol. The summed E-state index contributed by atoms with van der Waals surface area (Å²) in [5.41, 5.74) is 1.77. The molecule has 0 unspecified atom stereocenters. The van der Waals surface area contributed by atoms with Gasteiger partial charge in [-0.2, -0.15) is 18.2 Å². The summed E-state index contributed by atoms with van der Waals surface area (Å²) in [4.78, 5) is 25.1. The Balaban J connectivity index is 2.14. The minimum absolute atomic E-state index is 0.0351. The molecule has 0 saturated heterocycles. The second kappa shape index (κ2) is 8.73. The lowest BCUT2D eigenvalue weighted by Gasteiger charge is -2.14. The van der Waals surface area contributed by atoms with Crippen LogP contribution in [0.1, 0.15) is 34.1 Å². The van der Waals surface area contributed by atoms with Gasteiger partial charge in [-0.3, -0.25) is 4.79 Å². The first-order valence-electron chi connectivity index (χ1n) is 9.53. The maximum atomic E-state index is 12.8. The molecule has 0 amide bonds. The molecule has 0 fully saturated rings. The van der Waals surface area contributed by atoms with Crippen molar-refractivity contribution in [2.45, 2.75) is 32.6 Å². The second-order valence-electron chi connectivity index (χ2n) is 6.90. The number of aromatic nitrogens is 2. The van der Waals surface area contributed by atoms with Crippen molar-refractivity contribution in [2.75, 3.05) is 6.61 Å². The number of carbonyl (C=O) groups excluding carboxylic acids is 1. The molecule has 0 atom stereocenters. The number of benzene rings is 2. The monoisotopic (exact) mass is 442 g/mol. The van der Waals surface area contributed by atoms with Gasteiger partial charge in [0.2, 0.25) is 5.69 Å². The van der Waals surface area contributed by atoms with Crippen molar-refractivity contribution >= 4 is 16.1 Å². The first kappa shape index (κ1) is 22.2. The second-order valence-corrected chi connectivity index (χ2v) is 8.44. The molecule has 0 aliphatic rings. The molecule has 0 radical (unpaired) electrons. The largest absolute Gasteiger partial charge is 0.461 e. The molecule has 0 aliphatic heterocycles. The SMILES string of the molecule is CCOC(=O)c1nn(-c2ccccc2C)c(=O)cc1OS(=O)(=O)c1ccc(C)c(C)c1. The molecule has 0 aliphatic carbocycles. The van der Waals surface area contributed by atoms with E-state index in [0.717, 1.165) is 27.4 Å². The Morgan fingerprint density at radius 1 is 1.00 bits per heavy atom. The highest BCUT2D eigenvalue weighted by atomic mass is 32.2. The van der Waals surface area contributed by atoms with Gasteiger partial charge in [-0.05, 0) is 62.6 Å². The van der Waals surface area contributed by atoms with Gasteiger partial charge < -0.3 is 8.92 Å². The molecule has 162 valence electrons. The molecule has 1 heterocycles. The van der Waals surface area contributed by atoms with Gasteiger partial charge in [0.15, 0.2) is 5.75 Å². The topological polar surface area (TPSA) is 105 Å². The molecule has 3 aromatic rings. The fraction of sp³-hybridized carbons (Fsp3) is 0.227. The molecular formula is C22H22N2O6S. The summed E-state index contributed by atoms with van der Waals surface area (Å²) in [6, 6.07) is 12.4. The number of hydrogen-bond acceptors (Lipinski definition) is 7. The van der Waals surface area contributed by atoms with Crippen LogP contribution in [-0.2, 0) is 14.9 Å². The maximum Gasteiger partial charge on any atom is 0.362 e. The van der Waals surface area contributed by atoms with Crippen LogP contribution in [-0.4, -0.2) is 30.8 Å². The van der Waals surface area contributed by atoms with Crippen molar-refractivity contribution < 1.29 is 22.1 Å². The Morgan fingerprint density at radius 2 is 1.71 bits per heavy atom. The summed E-state index contributed by atoms with van der Waals surface area (Å²) in [7, 11) is -4.32. The van der Waals surface area contributed by atoms with Gasteiger partial charge in [0.25, 0.3) is 5.56 Å². The van der Waals surface area contributed by atoms with Crippen molar-refractivity contribution in [3.8, 4) is 11.4 Å². The molecule has 0 spiro atoms. The van der Waals surface area contributed by atoms with Crippen LogP contribution in [0.15, 0.2) is 58.2 Å². The van der Waals surface area contributed by atoms with E-state index < -0.39 is 33.1 Å². The lowest BCUT2D eigenvalue weighted by molar-refractivity contribution is 0.0515. The van der Waals surface area contributed by atoms with Crippen molar-refractivity contribution in [1.29, 1.82) is 0 Å². The molecule has 3 rings (SSSR count). The number of aryl methyl sites for hydroxylation is 3. The third-order valence-electron chi connectivity index (χ3n) is 4.68. The van der Waals surface area contributed by atoms with E-state index in [-0.39, 0.29) is 11.5 Å². The summed E-state index contributed by atoms with van der Waals surface area (Å²) >= 11 is 0. The molecule has 8 nitrogen and oxygen atoms in total. The van der Waals surface area contributed by atoms with Gasteiger partial charge in [-0.25, -0.2) is 4.79 Å². The molecular weight excluding hydrogens is 420 g/mol. The third-order valence-corrected chi connectivity index (χ3v) is 5.91. The molecule has 1 aromatic heterocycles. The van der Waals surface area contributed by atoms with Crippen LogP contribution in [0, 0.1) is 20.8 Å². The lowest BCUT2D eigenvalue weighted by atomic mass is 10.1. The Morgan fingerprint density at radius 3 is 2.35 bits per heavy atom. The number of esters is 1. The van der Waals surface area contributed by atoms with E-state index in [4.69, 9.17) is 8.92 Å². The Labute approximate surface area is 180 Å². The van der Waals surface area contributed by atoms with Crippen LogP contribution >= 0.6 is 0 Å². The van der Waals surface area contributed by atoms with Crippen LogP contribution in [0.25, 0.3) is 5.69 Å². The number of carbonyl (C=O) groups is 1. The highest BCUT2D eigenvalue weighted by Crippen LogP contribution is 2.23. The van der Waals surface area contributed by atoms with Crippen LogP contribution < -0.4 is 9.74 Å². The number of nitrogens with zero attached hydrogens (tertiary/aromatic N) is 2. The van der Waals surface area contributed by atoms with Crippen LogP contribution in [0.4, 0.5) is 0 Å². The molecule has 0 saturated carbocycles. The predicted octanol–water partition coefficient (Wildman–Crippen LogP) is 3.10. The highest BCUT2D eigenvalue weighted by Gasteiger charge is 2.26. The molecule has 9 heteroatoms. The average Bonchev–Trinajstić information content (AvgIpc) is 2.70. The molecule has 2 aromatic carbocycles. The minimum atomic E-state index is -4.32. The Kier molecular flexibility index (Phi) is 6.26. The number of hydrogen-bond donors (Lipinski definition) is 0. The van der Waals surface area contributed by atoms with Crippen molar-refractivity contribution in [1.82, 2.24) is 9.78 Å². The van der Waals surface area contributed by atoms with Crippen molar-refractivity contribution in [2.24, 2.45) is 0 Å². The summed E-state index contributed by atoms with van der Waals surface area (Å²) in [5, 5.41) is 4.07. The summed E-state index contributed by atoms with van der Waals surface area (Å²) in [6.45, 7) is 7.03. The summed E-state index contributed by atoms with van der Waals surface area (Å²) < 4.78 is 36.8. The molecule has 0 bridgehead atoms. The first-order valence-corrected chi connectivity index (χ1v) is 10.9. The predicted molar refractivity (Wildman–Crippen MR) is 114 cm³/mol. The van der Waals surface area contributed by atoms with E-state index in [1.165, 1.54) is 12.1 Å². The van der Waals surface area contributed by atoms with E-state index in [0.29, 0.717) is 5.69 Å². The van der Waals surface area contributed by atoms with Crippen molar-refractivity contribution in [3.05, 3.63) is 81.3 Å². The zero-order valence-electron chi connectivity index (χ0n) is 17.6. The summed E-state index contributed by atoms with van der Waals surface area (Å²) in [6.07, 6.45) is 0. The highest BCUT2D eigenvalue weighted by molar-refractivity contribution is 7.87. The van der Waals surface area contributed by atoms with E-state index >= 15 is 0 Å². The Bertz CT molecular complexity index is 1310. The minimum Gasteiger partial charge on any atom is -0.461 e. The zero-order valence-corrected chi connectivity index (χ0v) is 18.4. The molecule has 31 heavy (non-hydrogen) atoms. The van der Waals surface area contributed by atoms with Gasteiger partial charge in [0.05, 0.1) is 18.4 Å². The quantitative estimate of drug-likeness (QED) is 0.427. The van der Waals surface area contributed by atoms with Gasteiger partial charge >= 0.3 is 16.1 Å².